The molecule has 0 unspecified atom stereocenters. The van der Waals surface area contributed by atoms with Gasteiger partial charge in [-0.2, -0.15) is 0 Å². The maximum Gasteiger partial charge on any atom is 0.253 e. The highest BCUT2D eigenvalue weighted by molar-refractivity contribution is 9.10. The Hall–Kier alpha value is -1.71. The molecule has 0 bridgehead atoms. The van der Waals surface area contributed by atoms with Crippen molar-refractivity contribution >= 4 is 43.7 Å². The molecule has 2 nitrogen and oxygen atoms in total. The van der Waals surface area contributed by atoms with Crippen LogP contribution in [-0.4, -0.2) is 10.2 Å². The van der Waals surface area contributed by atoms with Gasteiger partial charge >= 0.3 is 0 Å². The lowest BCUT2D eigenvalue weighted by Gasteiger charge is -2.10. The maximum atomic E-state index is 11.8. The summed E-state index contributed by atoms with van der Waals surface area (Å²) in [5, 5.41) is 0.290. The summed E-state index contributed by atoms with van der Waals surface area (Å²) < 4.78 is 0.904. The average molecular weight is 361 g/mol. The number of rotatable bonds is 2. The second-order valence-electron chi connectivity index (χ2n) is 4.81. The molecule has 3 rings (SSSR count). The van der Waals surface area contributed by atoms with Crippen LogP contribution in [0.25, 0.3) is 22.2 Å². The van der Waals surface area contributed by atoms with E-state index in [2.05, 4.69) is 15.9 Å². The van der Waals surface area contributed by atoms with Crippen molar-refractivity contribution in [1.82, 2.24) is 4.98 Å². The van der Waals surface area contributed by atoms with E-state index in [0.717, 1.165) is 32.2 Å². The Balaban J connectivity index is 2.38. The topological polar surface area (TPSA) is 30.0 Å². The van der Waals surface area contributed by atoms with Gasteiger partial charge in [0.05, 0.1) is 11.2 Å². The molecule has 0 spiro atoms. The summed E-state index contributed by atoms with van der Waals surface area (Å²) in [5.74, 6) is 0. The predicted molar refractivity (Wildman–Crippen MR) is 89.8 cm³/mol. The number of carbonyl (C=O) groups excluding carboxylic acids is 1. The third-order valence-electron chi connectivity index (χ3n) is 3.35. The summed E-state index contributed by atoms with van der Waals surface area (Å²) in [4.78, 5) is 16.5. The number of pyridine rings is 1. The van der Waals surface area contributed by atoms with E-state index in [4.69, 9.17) is 16.6 Å². The first-order valence-electron chi connectivity index (χ1n) is 6.42. The fourth-order valence-corrected chi connectivity index (χ4v) is 3.10. The number of aryl methyl sites for hydroxylation is 1. The van der Waals surface area contributed by atoms with Gasteiger partial charge in [0.1, 0.15) is 0 Å². The lowest BCUT2D eigenvalue weighted by molar-refractivity contribution is 0.108. The molecule has 1 aromatic heterocycles. The highest BCUT2D eigenvalue weighted by Gasteiger charge is 2.14. The summed E-state index contributed by atoms with van der Waals surface area (Å²) in [7, 11) is 0. The molecule has 0 atom stereocenters. The fourth-order valence-electron chi connectivity index (χ4n) is 2.38. The fraction of sp³-hybridized carbons (Fsp3) is 0.0588. The van der Waals surface area contributed by atoms with Gasteiger partial charge in [0, 0.05) is 21.0 Å². The van der Waals surface area contributed by atoms with Crippen LogP contribution in [0.2, 0.25) is 0 Å². The molecule has 0 aliphatic carbocycles. The molecular formula is C17H11BrClNO. The zero-order chi connectivity index (χ0) is 15.0. The molecule has 2 aromatic carbocycles. The van der Waals surface area contributed by atoms with Crippen molar-refractivity contribution in [3.05, 3.63) is 64.1 Å². The number of halogens is 2. The molecule has 0 aliphatic rings. The quantitative estimate of drug-likeness (QED) is 0.576. The van der Waals surface area contributed by atoms with Crippen molar-refractivity contribution in [1.29, 1.82) is 0 Å². The first-order chi connectivity index (χ1) is 10.1. The van der Waals surface area contributed by atoms with E-state index in [-0.39, 0.29) is 0 Å². The molecule has 3 aromatic rings. The molecule has 104 valence electrons. The first kappa shape index (κ1) is 14.2. The minimum atomic E-state index is -0.475. The lowest BCUT2D eigenvalue weighted by Crippen LogP contribution is -1.97. The van der Waals surface area contributed by atoms with Gasteiger partial charge in [0.15, 0.2) is 0 Å². The van der Waals surface area contributed by atoms with Gasteiger partial charge in [-0.05, 0) is 42.3 Å². The summed E-state index contributed by atoms with van der Waals surface area (Å²) >= 11 is 9.21. The average Bonchev–Trinajstić information content (AvgIpc) is 2.47. The van der Waals surface area contributed by atoms with E-state index in [1.165, 1.54) is 0 Å². The van der Waals surface area contributed by atoms with Gasteiger partial charge in [0.25, 0.3) is 5.24 Å². The predicted octanol–water partition coefficient (Wildman–Crippen LogP) is 5.35. The van der Waals surface area contributed by atoms with Crippen LogP contribution >= 0.6 is 27.5 Å². The third kappa shape index (κ3) is 2.71. The number of hydrogen-bond donors (Lipinski definition) is 0. The van der Waals surface area contributed by atoms with Crippen molar-refractivity contribution in [3.63, 3.8) is 0 Å². The molecule has 0 saturated carbocycles. The molecule has 0 fully saturated rings. The Kier molecular flexibility index (Phi) is 3.79. The van der Waals surface area contributed by atoms with Crippen LogP contribution in [0.5, 0.6) is 0 Å². The summed E-state index contributed by atoms with van der Waals surface area (Å²) in [5.41, 5.74) is 3.98. The van der Waals surface area contributed by atoms with Crippen LogP contribution in [-0.2, 0) is 0 Å². The number of fused-ring (bicyclic) bond motifs is 1. The molecule has 0 radical (unpaired) electrons. The molecule has 0 aliphatic heterocycles. The van der Waals surface area contributed by atoms with E-state index in [1.807, 2.05) is 49.4 Å². The van der Waals surface area contributed by atoms with Gasteiger partial charge in [-0.3, -0.25) is 4.79 Å². The summed E-state index contributed by atoms with van der Waals surface area (Å²) in [6, 6.07) is 15.4. The van der Waals surface area contributed by atoms with E-state index in [1.54, 1.807) is 6.07 Å². The van der Waals surface area contributed by atoms with Gasteiger partial charge in [-0.25, -0.2) is 4.98 Å². The Morgan fingerprint density at radius 1 is 1.14 bits per heavy atom. The van der Waals surface area contributed by atoms with Crippen LogP contribution < -0.4 is 0 Å². The van der Waals surface area contributed by atoms with Gasteiger partial charge in [-0.15, -0.1) is 0 Å². The van der Waals surface area contributed by atoms with Crippen molar-refractivity contribution in [2.45, 2.75) is 6.92 Å². The number of aromatic nitrogens is 1. The number of carbonyl (C=O) groups is 1. The lowest BCUT2D eigenvalue weighted by atomic mass is 10.0. The van der Waals surface area contributed by atoms with Gasteiger partial charge in [-0.1, -0.05) is 46.3 Å². The van der Waals surface area contributed by atoms with Crippen molar-refractivity contribution < 1.29 is 4.79 Å². The zero-order valence-electron chi connectivity index (χ0n) is 11.2. The summed E-state index contributed by atoms with van der Waals surface area (Å²) in [6.45, 7) is 1.97. The molecular weight excluding hydrogens is 350 g/mol. The molecule has 1 heterocycles. The Labute approximate surface area is 135 Å². The minimum Gasteiger partial charge on any atom is -0.276 e. The monoisotopic (exact) mass is 359 g/mol. The van der Waals surface area contributed by atoms with Gasteiger partial charge in [0.2, 0.25) is 0 Å². The largest absolute Gasteiger partial charge is 0.276 e. The van der Waals surface area contributed by atoms with Crippen LogP contribution in [0.1, 0.15) is 15.9 Å². The van der Waals surface area contributed by atoms with E-state index < -0.39 is 5.24 Å². The highest BCUT2D eigenvalue weighted by Crippen LogP contribution is 2.30. The Bertz CT molecular complexity index is 846. The number of benzene rings is 2. The second kappa shape index (κ2) is 5.58. The minimum absolute atomic E-state index is 0.475. The smallest absolute Gasteiger partial charge is 0.253 e. The van der Waals surface area contributed by atoms with Crippen molar-refractivity contribution in [2.75, 3.05) is 0 Å². The first-order valence-corrected chi connectivity index (χ1v) is 7.59. The van der Waals surface area contributed by atoms with Crippen LogP contribution in [0.4, 0.5) is 0 Å². The molecule has 0 N–H and O–H groups in total. The van der Waals surface area contributed by atoms with E-state index in [0.29, 0.717) is 5.56 Å². The van der Waals surface area contributed by atoms with Crippen LogP contribution in [0.15, 0.2) is 53.0 Å². The molecule has 0 amide bonds. The molecule has 21 heavy (non-hydrogen) atoms. The molecule has 0 saturated heterocycles. The maximum absolute atomic E-state index is 11.8. The summed E-state index contributed by atoms with van der Waals surface area (Å²) in [6.07, 6.45) is 0. The normalized spacial score (nSPS) is 10.8. The van der Waals surface area contributed by atoms with Gasteiger partial charge < -0.3 is 0 Å². The number of hydrogen-bond acceptors (Lipinski definition) is 2. The Morgan fingerprint density at radius 2 is 1.86 bits per heavy atom. The van der Waals surface area contributed by atoms with Crippen molar-refractivity contribution in [2.24, 2.45) is 0 Å². The SMILES string of the molecule is Cc1cc(Br)cc2c(C(=O)Cl)cc(-c3ccccc3)nc12. The number of nitrogens with zero attached hydrogens (tertiary/aromatic N) is 1. The van der Waals surface area contributed by atoms with Crippen LogP contribution in [0, 0.1) is 6.92 Å². The van der Waals surface area contributed by atoms with Crippen LogP contribution in [0.3, 0.4) is 0 Å². The third-order valence-corrected chi connectivity index (χ3v) is 4.01. The zero-order valence-corrected chi connectivity index (χ0v) is 13.6. The Morgan fingerprint density at radius 3 is 2.52 bits per heavy atom. The van der Waals surface area contributed by atoms with E-state index in [9.17, 15) is 4.79 Å². The molecule has 4 heteroatoms. The second-order valence-corrected chi connectivity index (χ2v) is 6.07. The van der Waals surface area contributed by atoms with E-state index >= 15 is 0 Å². The van der Waals surface area contributed by atoms with Crippen molar-refractivity contribution in [3.8, 4) is 11.3 Å². The highest BCUT2D eigenvalue weighted by atomic mass is 79.9. The standard InChI is InChI=1S/C17H11BrClNO/c1-10-7-12(18)8-13-14(17(19)21)9-15(20-16(10)13)11-5-3-2-4-6-11/h2-9H,1H3.